The summed E-state index contributed by atoms with van der Waals surface area (Å²) >= 11 is 0. The number of nitrogens with one attached hydrogen (secondary N) is 1. The topological polar surface area (TPSA) is 86.6 Å². The molecule has 0 radical (unpaired) electrons. The molecule has 0 aromatic heterocycles. The molecular formula is C17H36NO4P. The van der Waals surface area contributed by atoms with Crippen molar-refractivity contribution in [2.45, 2.75) is 96.6 Å². The lowest BCUT2D eigenvalue weighted by Gasteiger charge is -2.23. The van der Waals surface area contributed by atoms with E-state index in [4.69, 9.17) is 5.11 Å². The fraction of sp³-hybridized carbons (Fsp3) is 0.941. The molecule has 0 aromatic carbocycles. The molecule has 0 saturated heterocycles. The van der Waals surface area contributed by atoms with E-state index in [0.717, 1.165) is 38.5 Å². The van der Waals surface area contributed by atoms with Crippen molar-refractivity contribution < 1.29 is 19.4 Å². The number of carboxylic acid groups (broad SMARTS) is 1. The van der Waals surface area contributed by atoms with Gasteiger partial charge in [-0.2, -0.15) is 0 Å². The molecule has 0 rings (SSSR count). The van der Waals surface area contributed by atoms with Gasteiger partial charge in [-0.3, -0.25) is 9.36 Å². The van der Waals surface area contributed by atoms with Crippen molar-refractivity contribution in [3.05, 3.63) is 0 Å². The normalized spacial score (nSPS) is 14.1. The molecular weight excluding hydrogens is 313 g/mol. The summed E-state index contributed by atoms with van der Waals surface area (Å²) in [4.78, 5) is 20.8. The van der Waals surface area contributed by atoms with Crippen LogP contribution in [-0.2, 0) is 9.36 Å². The molecule has 0 bridgehead atoms. The minimum atomic E-state index is -3.60. The zero-order valence-electron chi connectivity index (χ0n) is 14.9. The van der Waals surface area contributed by atoms with Gasteiger partial charge >= 0.3 is 5.97 Å². The van der Waals surface area contributed by atoms with Crippen LogP contribution in [0.2, 0.25) is 0 Å². The van der Waals surface area contributed by atoms with Gasteiger partial charge < -0.3 is 10.00 Å². The molecule has 0 aliphatic heterocycles. The van der Waals surface area contributed by atoms with Gasteiger partial charge in [0.1, 0.15) is 6.54 Å². The minimum Gasteiger partial charge on any atom is -0.480 e. The van der Waals surface area contributed by atoms with Gasteiger partial charge in [0, 0.05) is 5.66 Å². The number of hydrogen-bond donors (Lipinski definition) is 3. The maximum atomic E-state index is 12.4. The Labute approximate surface area is 141 Å². The molecule has 0 fully saturated rings. The van der Waals surface area contributed by atoms with E-state index in [1.807, 2.05) is 0 Å². The summed E-state index contributed by atoms with van der Waals surface area (Å²) in [6.07, 6.45) is 12.6. The van der Waals surface area contributed by atoms with Crippen LogP contribution < -0.4 is 5.09 Å². The van der Waals surface area contributed by atoms with Crippen molar-refractivity contribution in [2.75, 3.05) is 6.54 Å². The zero-order chi connectivity index (χ0) is 17.6. The second-order valence-corrected chi connectivity index (χ2v) is 8.70. The second-order valence-electron chi connectivity index (χ2n) is 6.41. The van der Waals surface area contributed by atoms with Crippen LogP contribution in [0.5, 0.6) is 0 Å². The molecule has 0 aromatic rings. The van der Waals surface area contributed by atoms with Gasteiger partial charge in [0.2, 0.25) is 0 Å². The third-order valence-corrected chi connectivity index (χ3v) is 6.35. The van der Waals surface area contributed by atoms with Crippen molar-refractivity contribution in [1.29, 1.82) is 0 Å². The van der Waals surface area contributed by atoms with Crippen LogP contribution in [0.3, 0.4) is 0 Å². The Morgan fingerprint density at radius 1 is 0.913 bits per heavy atom. The van der Waals surface area contributed by atoms with E-state index in [2.05, 4.69) is 18.9 Å². The van der Waals surface area contributed by atoms with Crippen LogP contribution in [0.25, 0.3) is 0 Å². The molecule has 0 aliphatic rings. The van der Waals surface area contributed by atoms with Gasteiger partial charge in [-0.05, 0) is 12.8 Å². The highest BCUT2D eigenvalue weighted by molar-refractivity contribution is 7.56. The Morgan fingerprint density at radius 2 is 1.35 bits per heavy atom. The molecule has 138 valence electrons. The van der Waals surface area contributed by atoms with Gasteiger partial charge in [-0.25, -0.2) is 5.09 Å². The Hall–Kier alpha value is -0.380. The molecule has 0 amide bonds. The standard InChI is InChI=1S/C17H36NO4P/c1-3-5-7-9-11-13-16(14-12-10-8-6-4-2)23(21,22)18-15-17(19)20/h16H,3-15H2,1-2H3,(H,19,20)(H2,18,21,22). The number of carbonyl (C=O) groups is 1. The maximum Gasteiger partial charge on any atom is 0.317 e. The Morgan fingerprint density at radius 3 is 1.74 bits per heavy atom. The molecule has 3 N–H and O–H groups in total. The predicted octanol–water partition coefficient (Wildman–Crippen LogP) is 4.94. The third kappa shape index (κ3) is 12.7. The molecule has 0 saturated carbocycles. The van der Waals surface area contributed by atoms with Crippen LogP contribution in [0.4, 0.5) is 0 Å². The van der Waals surface area contributed by atoms with E-state index in [0.29, 0.717) is 12.8 Å². The molecule has 1 atom stereocenters. The van der Waals surface area contributed by atoms with Crippen LogP contribution in [-0.4, -0.2) is 28.2 Å². The first-order chi connectivity index (χ1) is 10.9. The van der Waals surface area contributed by atoms with Crippen molar-refractivity contribution in [2.24, 2.45) is 0 Å². The average molecular weight is 349 g/mol. The van der Waals surface area contributed by atoms with Crippen LogP contribution in [0.1, 0.15) is 90.9 Å². The smallest absolute Gasteiger partial charge is 0.317 e. The van der Waals surface area contributed by atoms with Crippen molar-refractivity contribution in [3.8, 4) is 0 Å². The number of unbranched alkanes of at least 4 members (excludes halogenated alkanes) is 8. The van der Waals surface area contributed by atoms with E-state index in [-0.39, 0.29) is 5.66 Å². The maximum absolute atomic E-state index is 12.4. The predicted molar refractivity (Wildman–Crippen MR) is 96.0 cm³/mol. The molecule has 5 nitrogen and oxygen atoms in total. The Bertz CT molecular complexity index is 335. The number of carboxylic acids is 1. The lowest BCUT2D eigenvalue weighted by Crippen LogP contribution is -2.25. The number of hydrogen-bond acceptors (Lipinski definition) is 2. The highest BCUT2D eigenvalue weighted by Crippen LogP contribution is 2.46. The monoisotopic (exact) mass is 349 g/mol. The highest BCUT2D eigenvalue weighted by atomic mass is 31.2. The number of rotatable bonds is 16. The molecule has 0 aliphatic carbocycles. The van der Waals surface area contributed by atoms with Crippen molar-refractivity contribution in [3.63, 3.8) is 0 Å². The fourth-order valence-electron chi connectivity index (χ4n) is 2.77. The zero-order valence-corrected chi connectivity index (χ0v) is 15.8. The first-order valence-electron chi connectivity index (χ1n) is 9.23. The van der Waals surface area contributed by atoms with Gasteiger partial charge in [0.05, 0.1) is 0 Å². The fourth-order valence-corrected chi connectivity index (χ4v) is 4.46. The summed E-state index contributed by atoms with van der Waals surface area (Å²) in [6, 6.07) is 0. The van der Waals surface area contributed by atoms with Gasteiger partial charge in [0.15, 0.2) is 0 Å². The summed E-state index contributed by atoms with van der Waals surface area (Å²) in [5.41, 5.74) is -0.315. The van der Waals surface area contributed by atoms with Crippen LogP contribution in [0, 0.1) is 0 Å². The van der Waals surface area contributed by atoms with Gasteiger partial charge in [-0.1, -0.05) is 78.1 Å². The summed E-state index contributed by atoms with van der Waals surface area (Å²) in [6.45, 7) is 3.88. The largest absolute Gasteiger partial charge is 0.480 e. The molecule has 23 heavy (non-hydrogen) atoms. The highest BCUT2D eigenvalue weighted by Gasteiger charge is 2.30. The quantitative estimate of drug-likeness (QED) is 0.271. The van der Waals surface area contributed by atoms with Gasteiger partial charge in [0.25, 0.3) is 7.52 Å². The SMILES string of the molecule is CCCCCCCC(CCCCCCC)P(=O)(O)NCC(=O)O. The van der Waals surface area contributed by atoms with Crippen LogP contribution >= 0.6 is 7.52 Å². The first kappa shape index (κ1) is 22.6. The van der Waals surface area contributed by atoms with E-state index < -0.39 is 20.0 Å². The molecule has 1 unspecified atom stereocenters. The van der Waals surface area contributed by atoms with Gasteiger partial charge in [-0.15, -0.1) is 0 Å². The lowest BCUT2D eigenvalue weighted by atomic mass is 10.0. The number of aliphatic carboxylic acids is 1. The van der Waals surface area contributed by atoms with E-state index in [1.165, 1.54) is 25.7 Å². The third-order valence-electron chi connectivity index (χ3n) is 4.23. The first-order valence-corrected chi connectivity index (χ1v) is 11.0. The molecule has 0 spiro atoms. The van der Waals surface area contributed by atoms with E-state index >= 15 is 0 Å². The minimum absolute atomic E-state index is 0.315. The summed E-state index contributed by atoms with van der Waals surface area (Å²) in [5.74, 6) is -1.09. The lowest BCUT2D eigenvalue weighted by molar-refractivity contribution is -0.135. The van der Waals surface area contributed by atoms with Crippen LogP contribution in [0.15, 0.2) is 0 Å². The average Bonchev–Trinajstić information content (AvgIpc) is 2.50. The van der Waals surface area contributed by atoms with E-state index in [9.17, 15) is 14.3 Å². The second kappa shape index (κ2) is 14.0. The molecule has 6 heteroatoms. The van der Waals surface area contributed by atoms with Crippen molar-refractivity contribution >= 4 is 13.5 Å². The Balaban J connectivity index is 4.33. The Kier molecular flexibility index (Phi) is 13.8. The summed E-state index contributed by atoms with van der Waals surface area (Å²) in [7, 11) is -3.60. The molecule has 0 heterocycles. The summed E-state index contributed by atoms with van der Waals surface area (Å²) in [5, 5.41) is 11.1. The van der Waals surface area contributed by atoms with E-state index in [1.54, 1.807) is 0 Å². The summed E-state index contributed by atoms with van der Waals surface area (Å²) < 4.78 is 12.4. The van der Waals surface area contributed by atoms with Crippen molar-refractivity contribution in [1.82, 2.24) is 5.09 Å².